The molecule has 0 unspecified atom stereocenters. The van der Waals surface area contributed by atoms with Gasteiger partial charge in [0.25, 0.3) is 0 Å². The fraction of sp³-hybridized carbons (Fsp3) is 0.267. The van der Waals surface area contributed by atoms with E-state index in [2.05, 4.69) is 9.97 Å². The van der Waals surface area contributed by atoms with Gasteiger partial charge in [-0.25, -0.2) is 8.78 Å². The molecule has 0 amide bonds. The van der Waals surface area contributed by atoms with Crippen LogP contribution in [0.2, 0.25) is 0 Å². The third-order valence-electron chi connectivity index (χ3n) is 5.66. The summed E-state index contributed by atoms with van der Waals surface area (Å²) in [5, 5.41) is 0. The Hall–Kier alpha value is -3.40. The quantitative estimate of drug-likeness (QED) is 0.306. The van der Waals surface area contributed by atoms with Crippen molar-refractivity contribution in [3.63, 3.8) is 0 Å². The first kappa shape index (κ1) is 25.2. The molecule has 176 valence electrons. The Bertz CT molecular complexity index is 1160. The molecule has 2 heterocycles. The van der Waals surface area contributed by atoms with Crippen LogP contribution in [0.15, 0.2) is 72.9 Å². The van der Waals surface area contributed by atoms with Gasteiger partial charge in [0.15, 0.2) is 0 Å². The molecule has 0 aliphatic carbocycles. The van der Waals surface area contributed by atoms with E-state index in [0.29, 0.717) is 0 Å². The number of rotatable bonds is 4. The molecule has 0 aliphatic rings. The van der Waals surface area contributed by atoms with Gasteiger partial charge in [0.1, 0.15) is 11.6 Å². The predicted molar refractivity (Wildman–Crippen MR) is 137 cm³/mol. The Morgan fingerprint density at radius 1 is 0.618 bits per heavy atom. The van der Waals surface area contributed by atoms with Gasteiger partial charge in [-0.1, -0.05) is 58.0 Å². The molecule has 0 saturated heterocycles. The van der Waals surface area contributed by atoms with Crippen molar-refractivity contribution in [2.45, 2.75) is 53.4 Å². The fourth-order valence-electron chi connectivity index (χ4n) is 3.76. The molecule has 4 aromatic rings. The minimum absolute atomic E-state index is 0.132. The van der Waals surface area contributed by atoms with Gasteiger partial charge >= 0.3 is 0 Å². The van der Waals surface area contributed by atoms with Gasteiger partial charge in [-0.2, -0.15) is 0 Å². The Kier molecular flexibility index (Phi) is 8.27. The standard InChI is InChI=1S/2C15H16FN/c1-10(2)14-5-4-12(9-15(14)16)13-6-7-17-11(3)8-13;1-10(2)13-8-7-12(9-14(13)16)15-6-4-5-11(3)17-15/h2*4-10H,1-3H3. The van der Waals surface area contributed by atoms with Crippen LogP contribution in [0.3, 0.4) is 0 Å². The largest absolute Gasteiger partial charge is 0.262 e. The van der Waals surface area contributed by atoms with Crippen molar-refractivity contribution >= 4 is 0 Å². The van der Waals surface area contributed by atoms with E-state index in [1.54, 1.807) is 18.3 Å². The van der Waals surface area contributed by atoms with E-state index in [4.69, 9.17) is 0 Å². The lowest BCUT2D eigenvalue weighted by Crippen LogP contribution is -1.94. The summed E-state index contributed by atoms with van der Waals surface area (Å²) < 4.78 is 27.7. The summed E-state index contributed by atoms with van der Waals surface area (Å²) in [5.74, 6) is 0.130. The minimum atomic E-state index is -0.152. The zero-order valence-corrected chi connectivity index (χ0v) is 20.7. The van der Waals surface area contributed by atoms with Gasteiger partial charge in [-0.05, 0) is 84.3 Å². The first-order valence-electron chi connectivity index (χ1n) is 11.6. The molecule has 2 aromatic heterocycles. The monoisotopic (exact) mass is 458 g/mol. The second-order valence-electron chi connectivity index (χ2n) is 9.13. The summed E-state index contributed by atoms with van der Waals surface area (Å²) >= 11 is 0. The Balaban J connectivity index is 0.000000191. The van der Waals surface area contributed by atoms with Crippen LogP contribution in [-0.2, 0) is 0 Å². The number of pyridine rings is 2. The number of benzene rings is 2. The zero-order valence-electron chi connectivity index (χ0n) is 20.7. The predicted octanol–water partition coefficient (Wildman–Crippen LogP) is 8.64. The molecule has 34 heavy (non-hydrogen) atoms. The summed E-state index contributed by atoms with van der Waals surface area (Å²) in [6, 6.07) is 20.4. The number of nitrogens with zero attached hydrogens (tertiary/aromatic N) is 2. The summed E-state index contributed by atoms with van der Waals surface area (Å²) in [6.07, 6.45) is 1.75. The highest BCUT2D eigenvalue weighted by atomic mass is 19.1. The van der Waals surface area contributed by atoms with E-state index in [-0.39, 0.29) is 23.5 Å². The third-order valence-corrected chi connectivity index (χ3v) is 5.66. The summed E-state index contributed by atoms with van der Waals surface area (Å²) in [4.78, 5) is 8.53. The molecular formula is C30H32F2N2. The topological polar surface area (TPSA) is 25.8 Å². The lowest BCUT2D eigenvalue weighted by molar-refractivity contribution is 0.598. The van der Waals surface area contributed by atoms with E-state index < -0.39 is 0 Å². The molecule has 0 bridgehead atoms. The lowest BCUT2D eigenvalue weighted by atomic mass is 9.98. The van der Waals surface area contributed by atoms with Crippen LogP contribution < -0.4 is 0 Å². The van der Waals surface area contributed by atoms with E-state index in [1.165, 1.54) is 0 Å². The Morgan fingerprint density at radius 2 is 1.18 bits per heavy atom. The van der Waals surface area contributed by atoms with Crippen LogP contribution in [0, 0.1) is 25.5 Å². The van der Waals surface area contributed by atoms with Crippen molar-refractivity contribution in [3.8, 4) is 22.4 Å². The molecule has 0 atom stereocenters. The zero-order chi connectivity index (χ0) is 24.8. The van der Waals surface area contributed by atoms with Gasteiger partial charge in [-0.15, -0.1) is 0 Å². The summed E-state index contributed by atoms with van der Waals surface area (Å²) in [7, 11) is 0. The maximum absolute atomic E-state index is 13.9. The van der Waals surface area contributed by atoms with Gasteiger partial charge in [0.2, 0.25) is 0 Å². The SMILES string of the molecule is Cc1cc(-c2ccc(C(C)C)c(F)c2)ccn1.Cc1cccc(-c2ccc(C(C)C)c(F)c2)n1. The number of aromatic nitrogens is 2. The average Bonchev–Trinajstić information content (AvgIpc) is 2.79. The minimum Gasteiger partial charge on any atom is -0.262 e. The van der Waals surface area contributed by atoms with Crippen molar-refractivity contribution in [1.29, 1.82) is 0 Å². The van der Waals surface area contributed by atoms with Crippen LogP contribution in [0.4, 0.5) is 8.78 Å². The molecule has 4 heteroatoms. The highest BCUT2D eigenvalue weighted by Crippen LogP contribution is 2.26. The maximum atomic E-state index is 13.9. The molecule has 0 saturated carbocycles. The molecule has 4 rings (SSSR count). The van der Waals surface area contributed by atoms with Crippen molar-refractivity contribution in [2.75, 3.05) is 0 Å². The van der Waals surface area contributed by atoms with E-state index >= 15 is 0 Å². The molecule has 0 fully saturated rings. The first-order chi connectivity index (χ1) is 16.2. The first-order valence-corrected chi connectivity index (χ1v) is 11.6. The van der Waals surface area contributed by atoms with Crippen molar-refractivity contribution in [2.24, 2.45) is 0 Å². The lowest BCUT2D eigenvalue weighted by Gasteiger charge is -2.09. The smallest absolute Gasteiger partial charge is 0.127 e. The summed E-state index contributed by atoms with van der Waals surface area (Å²) in [6.45, 7) is 11.8. The Morgan fingerprint density at radius 3 is 1.71 bits per heavy atom. The molecule has 2 nitrogen and oxygen atoms in total. The van der Waals surface area contributed by atoms with Crippen molar-refractivity contribution < 1.29 is 8.78 Å². The second kappa shape index (κ2) is 11.1. The van der Waals surface area contributed by atoms with Crippen LogP contribution in [0.5, 0.6) is 0 Å². The van der Waals surface area contributed by atoms with Crippen LogP contribution in [-0.4, -0.2) is 9.97 Å². The van der Waals surface area contributed by atoms with Gasteiger partial charge < -0.3 is 0 Å². The normalized spacial score (nSPS) is 10.9. The molecule has 0 N–H and O–H groups in total. The van der Waals surface area contributed by atoms with Gasteiger partial charge in [-0.3, -0.25) is 9.97 Å². The Labute approximate surface area is 201 Å². The van der Waals surface area contributed by atoms with Crippen molar-refractivity contribution in [1.82, 2.24) is 9.97 Å². The van der Waals surface area contributed by atoms with Crippen molar-refractivity contribution in [3.05, 3.63) is 107 Å². The van der Waals surface area contributed by atoms with E-state index in [9.17, 15) is 8.78 Å². The van der Waals surface area contributed by atoms with Gasteiger partial charge in [0, 0.05) is 23.1 Å². The highest BCUT2D eigenvalue weighted by molar-refractivity contribution is 5.64. The van der Waals surface area contributed by atoms with E-state index in [0.717, 1.165) is 44.9 Å². The average molecular weight is 459 g/mol. The van der Waals surface area contributed by atoms with Gasteiger partial charge in [0.05, 0.1) is 5.69 Å². The van der Waals surface area contributed by atoms with E-state index in [1.807, 2.05) is 96.1 Å². The molecule has 0 radical (unpaired) electrons. The highest BCUT2D eigenvalue weighted by Gasteiger charge is 2.09. The number of hydrogen-bond donors (Lipinski definition) is 0. The van der Waals surface area contributed by atoms with Crippen LogP contribution in [0.1, 0.15) is 62.0 Å². The fourth-order valence-corrected chi connectivity index (χ4v) is 3.76. The summed E-state index contributed by atoms with van der Waals surface area (Å²) in [5.41, 5.74) is 6.95. The maximum Gasteiger partial charge on any atom is 0.127 e. The molecular weight excluding hydrogens is 426 g/mol. The third kappa shape index (κ3) is 6.34. The second-order valence-corrected chi connectivity index (χ2v) is 9.13. The number of hydrogen-bond acceptors (Lipinski definition) is 2. The molecule has 0 spiro atoms. The van der Waals surface area contributed by atoms with Crippen LogP contribution in [0.25, 0.3) is 22.4 Å². The number of halogens is 2. The molecule has 2 aromatic carbocycles. The number of aryl methyl sites for hydroxylation is 2. The molecule has 0 aliphatic heterocycles. The van der Waals surface area contributed by atoms with Crippen LogP contribution >= 0.6 is 0 Å².